The second-order valence-corrected chi connectivity index (χ2v) is 6.35. The lowest BCUT2D eigenvalue weighted by Gasteiger charge is -2.18. The fourth-order valence-electron chi connectivity index (χ4n) is 3.05. The molecule has 0 aromatic heterocycles. The molecular formula is C21H21F3N2. The van der Waals surface area contributed by atoms with E-state index in [1.807, 2.05) is 18.2 Å². The largest absolute Gasteiger partial charge is 0.416 e. The Hall–Kier alpha value is -2.37. The maximum Gasteiger partial charge on any atom is 0.416 e. The van der Waals surface area contributed by atoms with Gasteiger partial charge in [-0.1, -0.05) is 54.6 Å². The molecule has 136 valence electrons. The Labute approximate surface area is 150 Å². The number of nitrogens with two attached hydrogens (primary N) is 1. The van der Waals surface area contributed by atoms with E-state index in [2.05, 4.69) is 29.6 Å². The molecule has 3 aromatic rings. The maximum absolute atomic E-state index is 12.6. The lowest BCUT2D eigenvalue weighted by molar-refractivity contribution is -0.137. The Morgan fingerprint density at radius 3 is 2.27 bits per heavy atom. The molecule has 2 nitrogen and oxygen atoms in total. The fourth-order valence-corrected chi connectivity index (χ4v) is 3.05. The number of fused-ring (bicyclic) bond motifs is 1. The van der Waals surface area contributed by atoms with Crippen LogP contribution in [0.25, 0.3) is 10.8 Å². The van der Waals surface area contributed by atoms with Crippen molar-refractivity contribution >= 4 is 10.8 Å². The Bertz CT molecular complexity index is 852. The van der Waals surface area contributed by atoms with Gasteiger partial charge in [-0.3, -0.25) is 0 Å². The van der Waals surface area contributed by atoms with E-state index in [1.54, 1.807) is 0 Å². The van der Waals surface area contributed by atoms with Crippen molar-refractivity contribution in [2.45, 2.75) is 25.2 Å². The molecule has 0 bridgehead atoms. The topological polar surface area (TPSA) is 38.0 Å². The van der Waals surface area contributed by atoms with Crippen molar-refractivity contribution in [2.24, 2.45) is 5.73 Å². The molecule has 0 aliphatic rings. The van der Waals surface area contributed by atoms with E-state index in [0.717, 1.165) is 24.1 Å². The van der Waals surface area contributed by atoms with Gasteiger partial charge in [0.05, 0.1) is 5.56 Å². The summed E-state index contributed by atoms with van der Waals surface area (Å²) in [5, 5.41) is 5.73. The van der Waals surface area contributed by atoms with E-state index in [9.17, 15) is 13.2 Å². The minimum Gasteiger partial charge on any atom is -0.329 e. The van der Waals surface area contributed by atoms with Crippen LogP contribution >= 0.6 is 0 Å². The van der Waals surface area contributed by atoms with E-state index in [0.29, 0.717) is 13.1 Å². The quantitative estimate of drug-likeness (QED) is 0.680. The highest BCUT2D eigenvalue weighted by Gasteiger charge is 2.29. The van der Waals surface area contributed by atoms with E-state index in [-0.39, 0.29) is 6.04 Å². The van der Waals surface area contributed by atoms with Gasteiger partial charge in [-0.15, -0.1) is 0 Å². The number of benzene rings is 3. The Balaban J connectivity index is 1.66. The zero-order chi connectivity index (χ0) is 18.6. The molecule has 0 radical (unpaired) electrons. The summed E-state index contributed by atoms with van der Waals surface area (Å²) in [7, 11) is 0. The lowest BCUT2D eigenvalue weighted by Crippen LogP contribution is -2.37. The molecule has 26 heavy (non-hydrogen) atoms. The average molecular weight is 358 g/mol. The summed E-state index contributed by atoms with van der Waals surface area (Å²) in [6, 6.07) is 19.6. The lowest BCUT2D eigenvalue weighted by atomic mass is 9.98. The van der Waals surface area contributed by atoms with Crippen LogP contribution < -0.4 is 11.1 Å². The minimum atomic E-state index is -4.31. The second kappa shape index (κ2) is 7.89. The zero-order valence-corrected chi connectivity index (χ0v) is 14.3. The third-order valence-corrected chi connectivity index (χ3v) is 4.51. The number of halogens is 3. The predicted molar refractivity (Wildman–Crippen MR) is 98.8 cm³/mol. The van der Waals surface area contributed by atoms with Gasteiger partial charge < -0.3 is 11.1 Å². The second-order valence-electron chi connectivity index (χ2n) is 6.35. The van der Waals surface area contributed by atoms with Crippen molar-refractivity contribution in [3.05, 3.63) is 83.4 Å². The van der Waals surface area contributed by atoms with Crippen LogP contribution in [0.15, 0.2) is 66.7 Å². The first-order valence-corrected chi connectivity index (χ1v) is 8.53. The van der Waals surface area contributed by atoms with E-state index >= 15 is 0 Å². The highest BCUT2D eigenvalue weighted by Crippen LogP contribution is 2.29. The summed E-state index contributed by atoms with van der Waals surface area (Å²) in [5.41, 5.74) is 7.27. The maximum atomic E-state index is 12.6. The van der Waals surface area contributed by atoms with Gasteiger partial charge in [0.2, 0.25) is 0 Å². The van der Waals surface area contributed by atoms with Gasteiger partial charge >= 0.3 is 6.18 Å². The molecule has 1 atom stereocenters. The molecule has 3 rings (SSSR count). The number of nitrogens with one attached hydrogen (secondary N) is 1. The summed E-state index contributed by atoms with van der Waals surface area (Å²) >= 11 is 0. The van der Waals surface area contributed by atoms with Crippen LogP contribution in [0.1, 0.15) is 16.7 Å². The third-order valence-electron chi connectivity index (χ3n) is 4.51. The molecule has 0 fully saturated rings. The molecule has 3 N–H and O–H groups in total. The minimum absolute atomic E-state index is 0.0445. The van der Waals surface area contributed by atoms with E-state index in [4.69, 9.17) is 5.73 Å². The average Bonchev–Trinajstić information content (AvgIpc) is 2.65. The van der Waals surface area contributed by atoms with E-state index in [1.165, 1.54) is 28.5 Å². The van der Waals surface area contributed by atoms with Crippen LogP contribution in [0.2, 0.25) is 0 Å². The van der Waals surface area contributed by atoms with Crippen molar-refractivity contribution in [1.82, 2.24) is 5.32 Å². The third kappa shape index (κ3) is 4.42. The molecule has 3 aromatic carbocycles. The number of alkyl halides is 3. The monoisotopic (exact) mass is 358 g/mol. The highest BCUT2D eigenvalue weighted by molar-refractivity contribution is 5.85. The molecule has 5 heteroatoms. The molecule has 0 aliphatic carbocycles. The summed E-state index contributed by atoms with van der Waals surface area (Å²) in [6.07, 6.45) is -3.54. The normalized spacial score (nSPS) is 13.1. The molecule has 0 heterocycles. The van der Waals surface area contributed by atoms with Crippen molar-refractivity contribution in [1.29, 1.82) is 0 Å². The Morgan fingerprint density at radius 2 is 1.58 bits per heavy atom. The first kappa shape index (κ1) is 18.4. The van der Waals surface area contributed by atoms with Crippen LogP contribution in [-0.4, -0.2) is 12.6 Å². The van der Waals surface area contributed by atoms with Gasteiger partial charge in [0.25, 0.3) is 0 Å². The zero-order valence-electron chi connectivity index (χ0n) is 14.3. The summed E-state index contributed by atoms with van der Waals surface area (Å²) in [5.74, 6) is 0. The molecule has 0 aliphatic heterocycles. The summed E-state index contributed by atoms with van der Waals surface area (Å²) in [6.45, 7) is 0.925. The first-order chi connectivity index (χ1) is 12.5. The fraction of sp³-hybridized carbons (Fsp3) is 0.238. The molecule has 0 saturated heterocycles. The predicted octanol–water partition coefficient (Wildman–Crippen LogP) is 4.52. The molecule has 0 saturated carbocycles. The van der Waals surface area contributed by atoms with Gasteiger partial charge in [0.1, 0.15) is 0 Å². The Kier molecular flexibility index (Phi) is 5.59. The molecule has 1 unspecified atom stereocenters. The standard InChI is InChI=1S/C21H21F3N2/c22-21(23,24)18-10-8-15(9-11-18)14-26-19(13-25)12-17-6-3-5-16-4-1-2-7-20(16)17/h1-11,19,26H,12-14,25H2. The SMILES string of the molecule is NCC(Cc1cccc2ccccc12)NCc1ccc(C(F)(F)F)cc1. The van der Waals surface area contributed by atoms with Gasteiger partial charge in [-0.25, -0.2) is 0 Å². The van der Waals surface area contributed by atoms with Crippen molar-refractivity contribution < 1.29 is 13.2 Å². The van der Waals surface area contributed by atoms with Gasteiger partial charge in [0.15, 0.2) is 0 Å². The first-order valence-electron chi connectivity index (χ1n) is 8.53. The van der Waals surface area contributed by atoms with Crippen LogP contribution in [0.5, 0.6) is 0 Å². The highest BCUT2D eigenvalue weighted by atomic mass is 19.4. The van der Waals surface area contributed by atoms with Crippen LogP contribution in [0, 0.1) is 0 Å². The van der Waals surface area contributed by atoms with Crippen LogP contribution in [-0.2, 0) is 19.1 Å². The Morgan fingerprint density at radius 1 is 0.885 bits per heavy atom. The van der Waals surface area contributed by atoms with Crippen molar-refractivity contribution in [3.63, 3.8) is 0 Å². The van der Waals surface area contributed by atoms with Crippen molar-refractivity contribution in [2.75, 3.05) is 6.54 Å². The summed E-state index contributed by atoms with van der Waals surface area (Å²) < 4.78 is 37.9. The number of hydrogen-bond acceptors (Lipinski definition) is 2. The van der Waals surface area contributed by atoms with Crippen molar-refractivity contribution in [3.8, 4) is 0 Å². The van der Waals surface area contributed by atoms with Crippen LogP contribution in [0.3, 0.4) is 0 Å². The van der Waals surface area contributed by atoms with E-state index < -0.39 is 11.7 Å². The summed E-state index contributed by atoms with van der Waals surface area (Å²) in [4.78, 5) is 0. The molecule has 0 amide bonds. The van der Waals surface area contributed by atoms with Gasteiger partial charge in [-0.05, 0) is 40.5 Å². The molecular weight excluding hydrogens is 337 g/mol. The number of hydrogen-bond donors (Lipinski definition) is 2. The van der Waals surface area contributed by atoms with Gasteiger partial charge in [0, 0.05) is 19.1 Å². The van der Waals surface area contributed by atoms with Crippen LogP contribution in [0.4, 0.5) is 13.2 Å². The molecule has 0 spiro atoms. The smallest absolute Gasteiger partial charge is 0.329 e. The van der Waals surface area contributed by atoms with Gasteiger partial charge in [-0.2, -0.15) is 13.2 Å². The number of rotatable bonds is 6.